The molecule has 31 heavy (non-hydrogen) atoms. The number of hydrogen-bond acceptors (Lipinski definition) is 5. The van der Waals surface area contributed by atoms with Crippen LogP contribution < -0.4 is 5.32 Å². The molecule has 0 aliphatic carbocycles. The van der Waals surface area contributed by atoms with Gasteiger partial charge in [0.2, 0.25) is 10.0 Å². The molecule has 0 aromatic heterocycles. The molecule has 0 saturated carbocycles. The second kappa shape index (κ2) is 11.3. The minimum atomic E-state index is -3.35. The van der Waals surface area contributed by atoms with E-state index < -0.39 is 10.0 Å². The lowest BCUT2D eigenvalue weighted by Gasteiger charge is -2.32. The average molecular weight is 564 g/mol. The Morgan fingerprint density at radius 3 is 2.42 bits per heavy atom. The summed E-state index contributed by atoms with van der Waals surface area (Å²) in [4.78, 5) is 9.68. The quantitative estimate of drug-likeness (QED) is 0.333. The van der Waals surface area contributed by atoms with Gasteiger partial charge in [0, 0.05) is 58.9 Å². The maximum Gasteiger partial charge on any atom is 0.243 e. The molecule has 4 rings (SSSR count). The maximum atomic E-state index is 12.7. The Labute approximate surface area is 203 Å². The summed E-state index contributed by atoms with van der Waals surface area (Å²) in [5, 5.41) is 3.44. The van der Waals surface area contributed by atoms with Crippen molar-refractivity contribution in [3.8, 4) is 0 Å². The second-order valence-electron chi connectivity index (χ2n) is 8.19. The Hall–Kier alpha value is -0.950. The van der Waals surface area contributed by atoms with Crippen molar-refractivity contribution in [2.24, 2.45) is 4.99 Å². The molecule has 10 heteroatoms. The van der Waals surface area contributed by atoms with Gasteiger partial charge in [-0.15, -0.1) is 24.0 Å². The predicted octanol–water partition coefficient (Wildman–Crippen LogP) is 1.57. The van der Waals surface area contributed by atoms with Crippen LogP contribution in [0.4, 0.5) is 0 Å². The zero-order valence-corrected chi connectivity index (χ0v) is 21.3. The molecule has 0 amide bonds. The van der Waals surface area contributed by atoms with Gasteiger partial charge in [-0.05, 0) is 37.0 Å². The van der Waals surface area contributed by atoms with Crippen molar-refractivity contribution in [2.75, 3.05) is 59.5 Å². The number of aliphatic imine (C=N–C) groups is 1. The van der Waals surface area contributed by atoms with Crippen LogP contribution in [0.15, 0.2) is 34.2 Å². The second-order valence-corrected chi connectivity index (χ2v) is 10.1. The van der Waals surface area contributed by atoms with Crippen molar-refractivity contribution in [2.45, 2.75) is 36.7 Å². The summed E-state index contributed by atoms with van der Waals surface area (Å²) in [6.45, 7) is 7.53. The van der Waals surface area contributed by atoms with Gasteiger partial charge < -0.3 is 15.0 Å². The number of rotatable bonds is 5. The highest BCUT2D eigenvalue weighted by atomic mass is 127. The van der Waals surface area contributed by atoms with Crippen molar-refractivity contribution in [1.82, 2.24) is 19.4 Å². The molecule has 3 aliphatic rings. The summed E-state index contributed by atoms with van der Waals surface area (Å²) in [6.07, 6.45) is 3.04. The first-order valence-corrected chi connectivity index (χ1v) is 12.4. The molecule has 1 unspecified atom stereocenters. The van der Waals surface area contributed by atoms with Gasteiger partial charge in [-0.1, -0.05) is 12.1 Å². The van der Waals surface area contributed by atoms with Crippen LogP contribution in [0.1, 0.15) is 24.8 Å². The standard InChI is InChI=1S/C21H33N5O3S.HI/c1-22-21(25-11-8-19(17-25)24-12-14-29-15-13-24)23-16-18-4-6-20(7-5-18)30(27,28)26-9-2-3-10-26;/h4-7,19H,2-3,8-17H2,1H3,(H,22,23);1H. The smallest absolute Gasteiger partial charge is 0.243 e. The molecule has 174 valence electrons. The third kappa shape index (κ3) is 5.89. The molecule has 3 fully saturated rings. The minimum Gasteiger partial charge on any atom is -0.379 e. The molecule has 3 aliphatic heterocycles. The van der Waals surface area contributed by atoms with Gasteiger partial charge >= 0.3 is 0 Å². The molecule has 0 spiro atoms. The van der Waals surface area contributed by atoms with Crippen molar-refractivity contribution < 1.29 is 13.2 Å². The van der Waals surface area contributed by atoms with E-state index in [0.29, 0.717) is 30.6 Å². The Kier molecular flexibility index (Phi) is 8.97. The highest BCUT2D eigenvalue weighted by Gasteiger charge is 2.30. The Morgan fingerprint density at radius 1 is 1.10 bits per heavy atom. The van der Waals surface area contributed by atoms with Crippen LogP contribution >= 0.6 is 24.0 Å². The zero-order valence-electron chi connectivity index (χ0n) is 18.2. The monoisotopic (exact) mass is 563 g/mol. The van der Waals surface area contributed by atoms with E-state index in [1.807, 2.05) is 19.2 Å². The van der Waals surface area contributed by atoms with Gasteiger partial charge in [-0.3, -0.25) is 9.89 Å². The maximum absolute atomic E-state index is 12.7. The van der Waals surface area contributed by atoms with E-state index in [1.165, 1.54) is 0 Å². The lowest BCUT2D eigenvalue weighted by Crippen LogP contribution is -2.46. The summed E-state index contributed by atoms with van der Waals surface area (Å²) in [5.41, 5.74) is 1.04. The molecule has 1 aromatic carbocycles. The molecule has 0 radical (unpaired) electrons. The molecule has 1 N–H and O–H groups in total. The van der Waals surface area contributed by atoms with Crippen molar-refractivity contribution in [3.05, 3.63) is 29.8 Å². The number of morpholine rings is 1. The lowest BCUT2D eigenvalue weighted by atomic mass is 10.2. The highest BCUT2D eigenvalue weighted by Crippen LogP contribution is 2.21. The summed E-state index contributed by atoms with van der Waals surface area (Å²) < 4.78 is 32.4. The molecular formula is C21H34IN5O3S. The predicted molar refractivity (Wildman–Crippen MR) is 132 cm³/mol. The van der Waals surface area contributed by atoms with E-state index in [9.17, 15) is 8.42 Å². The summed E-state index contributed by atoms with van der Waals surface area (Å²) in [5.74, 6) is 0.902. The van der Waals surface area contributed by atoms with E-state index in [2.05, 4.69) is 20.1 Å². The normalized spacial score (nSPS) is 23.7. The third-order valence-corrected chi connectivity index (χ3v) is 8.23. The number of nitrogens with one attached hydrogen (secondary N) is 1. The summed E-state index contributed by atoms with van der Waals surface area (Å²) in [7, 11) is -1.54. The van der Waals surface area contributed by atoms with E-state index in [-0.39, 0.29) is 24.0 Å². The van der Waals surface area contributed by atoms with Crippen molar-refractivity contribution in [1.29, 1.82) is 0 Å². The fourth-order valence-electron chi connectivity index (χ4n) is 4.55. The zero-order chi connectivity index (χ0) is 21.0. The van der Waals surface area contributed by atoms with Gasteiger partial charge in [0.1, 0.15) is 0 Å². The van der Waals surface area contributed by atoms with E-state index >= 15 is 0 Å². The fourth-order valence-corrected chi connectivity index (χ4v) is 6.06. The van der Waals surface area contributed by atoms with Crippen LogP contribution in [-0.2, 0) is 21.3 Å². The van der Waals surface area contributed by atoms with E-state index in [1.54, 1.807) is 16.4 Å². The minimum absolute atomic E-state index is 0. The number of halogens is 1. The lowest BCUT2D eigenvalue weighted by molar-refractivity contribution is 0.0195. The average Bonchev–Trinajstić information content (AvgIpc) is 3.48. The molecular weight excluding hydrogens is 529 g/mol. The van der Waals surface area contributed by atoms with Gasteiger partial charge in [0.25, 0.3) is 0 Å². The first kappa shape index (κ1) is 24.7. The SMILES string of the molecule is CN=C(NCc1ccc(S(=O)(=O)N2CCCC2)cc1)N1CCC(N2CCOCC2)C1.I. The van der Waals surface area contributed by atoms with Crippen LogP contribution in [0.25, 0.3) is 0 Å². The number of guanidine groups is 1. The first-order valence-electron chi connectivity index (χ1n) is 10.9. The highest BCUT2D eigenvalue weighted by molar-refractivity contribution is 14.0. The molecule has 1 aromatic rings. The largest absolute Gasteiger partial charge is 0.379 e. The number of ether oxygens (including phenoxy) is 1. The number of sulfonamides is 1. The third-order valence-electron chi connectivity index (χ3n) is 6.31. The van der Waals surface area contributed by atoms with E-state index in [4.69, 9.17) is 4.74 Å². The number of benzene rings is 1. The molecule has 0 bridgehead atoms. The van der Waals surface area contributed by atoms with Crippen LogP contribution in [-0.4, -0.2) is 94.1 Å². The summed E-state index contributed by atoms with van der Waals surface area (Å²) >= 11 is 0. The first-order chi connectivity index (χ1) is 14.6. The number of hydrogen-bond donors (Lipinski definition) is 1. The molecule has 1 atom stereocenters. The van der Waals surface area contributed by atoms with Gasteiger partial charge in [0.05, 0.1) is 18.1 Å². The Balaban J connectivity index is 0.00000272. The van der Waals surface area contributed by atoms with E-state index in [0.717, 1.165) is 70.2 Å². The van der Waals surface area contributed by atoms with Crippen LogP contribution in [0.3, 0.4) is 0 Å². The van der Waals surface area contributed by atoms with Gasteiger partial charge in [0.15, 0.2) is 5.96 Å². The topological polar surface area (TPSA) is 77.5 Å². The van der Waals surface area contributed by atoms with Gasteiger partial charge in [-0.2, -0.15) is 4.31 Å². The fraction of sp³-hybridized carbons (Fsp3) is 0.667. The number of nitrogens with zero attached hydrogens (tertiary/aromatic N) is 4. The molecule has 8 nitrogen and oxygen atoms in total. The molecule has 3 heterocycles. The summed E-state index contributed by atoms with van der Waals surface area (Å²) in [6, 6.07) is 7.78. The number of likely N-dealkylation sites (tertiary alicyclic amines) is 1. The van der Waals surface area contributed by atoms with Crippen LogP contribution in [0.2, 0.25) is 0 Å². The van der Waals surface area contributed by atoms with Crippen LogP contribution in [0.5, 0.6) is 0 Å². The Bertz CT molecular complexity index is 837. The van der Waals surface area contributed by atoms with Crippen molar-refractivity contribution in [3.63, 3.8) is 0 Å². The molecule has 3 saturated heterocycles. The van der Waals surface area contributed by atoms with Crippen LogP contribution in [0, 0.1) is 0 Å². The van der Waals surface area contributed by atoms with Crippen molar-refractivity contribution >= 4 is 40.0 Å². The van der Waals surface area contributed by atoms with Gasteiger partial charge in [-0.25, -0.2) is 8.42 Å². The Morgan fingerprint density at radius 2 is 1.77 bits per heavy atom.